The number of rotatable bonds is 25. The molecule has 0 fully saturated rings. The molecule has 3 rings (SSSR count). The number of ketones is 1. The average molecular weight is 627 g/mol. The van der Waals surface area contributed by atoms with Gasteiger partial charge in [-0.2, -0.15) is 8.42 Å². The summed E-state index contributed by atoms with van der Waals surface area (Å²) in [4.78, 5) is 22.6. The number of hydrogen-bond acceptors (Lipinski definition) is 7. The van der Waals surface area contributed by atoms with Crippen molar-refractivity contribution in [3.63, 3.8) is 0 Å². The number of benzene rings is 2. The second kappa shape index (κ2) is 20.1. The molecule has 2 aromatic rings. The number of carbonyl (C=O) groups excluding carboxylic acids is 1. The molecule has 2 N–H and O–H groups in total. The summed E-state index contributed by atoms with van der Waals surface area (Å²) >= 11 is 0. The predicted molar refractivity (Wildman–Crippen MR) is 177 cm³/mol. The van der Waals surface area contributed by atoms with Crippen molar-refractivity contribution in [3.05, 3.63) is 66.4 Å². The van der Waals surface area contributed by atoms with E-state index in [4.69, 9.17) is 9.57 Å². The standard InChI is InChI=1S/C35H50N2O6S/c1-2-3-4-5-6-7-8-9-10-11-12-13-14-15-16-17-27-42-31-23-21-29(22-24-31)34(38)35(33-25-26-36-33)43-37-30-19-18-20-32(28-30)44(39,40)41/h18-26,28,35,37H,2-17,27H2,1H3,(H,39,40,41). The predicted octanol–water partition coefficient (Wildman–Crippen LogP) is 9.14. The minimum absolute atomic E-state index is 0.264. The normalized spacial score (nSPS) is 13.3. The van der Waals surface area contributed by atoms with Crippen LogP contribution < -0.4 is 10.2 Å². The highest BCUT2D eigenvalue weighted by Gasteiger charge is 2.28. The summed E-state index contributed by atoms with van der Waals surface area (Å²) in [5.74, 6) is 0.400. The molecule has 0 aliphatic carbocycles. The van der Waals surface area contributed by atoms with E-state index in [1.54, 1.807) is 42.6 Å². The molecule has 1 heterocycles. The first-order valence-corrected chi connectivity index (χ1v) is 17.8. The van der Waals surface area contributed by atoms with E-state index in [0.29, 0.717) is 23.6 Å². The maximum absolute atomic E-state index is 13.2. The molecule has 0 radical (unpaired) electrons. The lowest BCUT2D eigenvalue weighted by molar-refractivity contribution is 0.0751. The van der Waals surface area contributed by atoms with Crippen LogP contribution in [0, 0.1) is 0 Å². The number of aliphatic imine (C=N–C) groups is 1. The molecule has 0 amide bonds. The number of unbranched alkanes of at least 4 members (excludes halogenated alkanes) is 15. The van der Waals surface area contributed by atoms with Gasteiger partial charge in [-0.3, -0.25) is 24.7 Å². The van der Waals surface area contributed by atoms with Gasteiger partial charge in [-0.15, -0.1) is 0 Å². The summed E-state index contributed by atoms with van der Waals surface area (Å²) in [7, 11) is -4.37. The highest BCUT2D eigenvalue weighted by atomic mass is 32.2. The summed E-state index contributed by atoms with van der Waals surface area (Å²) < 4.78 is 38.0. The van der Waals surface area contributed by atoms with E-state index < -0.39 is 16.2 Å². The molecule has 8 nitrogen and oxygen atoms in total. The van der Waals surface area contributed by atoms with Gasteiger partial charge in [0.2, 0.25) is 0 Å². The van der Waals surface area contributed by atoms with E-state index in [9.17, 15) is 17.8 Å². The highest BCUT2D eigenvalue weighted by molar-refractivity contribution is 7.85. The molecular weight excluding hydrogens is 576 g/mol. The first kappa shape index (κ1) is 35.5. The molecule has 0 bridgehead atoms. The van der Waals surface area contributed by atoms with Crippen molar-refractivity contribution in [2.24, 2.45) is 4.99 Å². The molecule has 44 heavy (non-hydrogen) atoms. The Labute approximate surface area is 264 Å². The lowest BCUT2D eigenvalue weighted by Gasteiger charge is -2.20. The van der Waals surface area contributed by atoms with E-state index in [1.165, 1.54) is 108 Å². The number of Topliss-reactive ketones (excluding diaryl/α,β-unsaturated/α-hetero) is 1. The maximum atomic E-state index is 13.2. The van der Waals surface area contributed by atoms with E-state index in [2.05, 4.69) is 17.4 Å². The molecule has 0 spiro atoms. The Hall–Kier alpha value is -3.01. The fourth-order valence-corrected chi connectivity index (χ4v) is 5.64. The van der Waals surface area contributed by atoms with E-state index in [1.807, 2.05) is 0 Å². The van der Waals surface area contributed by atoms with Gasteiger partial charge in [-0.05, 0) is 55.0 Å². The van der Waals surface area contributed by atoms with Crippen LogP contribution in [-0.4, -0.2) is 37.2 Å². The largest absolute Gasteiger partial charge is 0.494 e. The smallest absolute Gasteiger partial charge is 0.294 e. The van der Waals surface area contributed by atoms with Crippen LogP contribution >= 0.6 is 0 Å². The molecule has 0 saturated carbocycles. The molecule has 1 unspecified atom stereocenters. The Morgan fingerprint density at radius 2 is 1.36 bits per heavy atom. The van der Waals surface area contributed by atoms with Crippen LogP contribution in [0.5, 0.6) is 5.75 Å². The van der Waals surface area contributed by atoms with Crippen LogP contribution in [0.15, 0.2) is 70.7 Å². The lowest BCUT2D eigenvalue weighted by Crippen LogP contribution is -2.35. The number of anilines is 1. The molecule has 242 valence electrons. The van der Waals surface area contributed by atoms with Crippen LogP contribution in [0.2, 0.25) is 0 Å². The average Bonchev–Trinajstić information content (AvgIpc) is 2.99. The SMILES string of the molecule is CCCCCCCCCCCCCCCCCCOc1ccc(C(=O)C(ONc2cccc(S(=O)(=O)O)c2)C2=NC=C2)cc1. The molecule has 1 aliphatic heterocycles. The third-order valence-corrected chi connectivity index (χ3v) is 8.66. The molecule has 9 heteroatoms. The van der Waals surface area contributed by atoms with Gasteiger partial charge in [-0.25, -0.2) is 0 Å². The second-order valence-corrected chi connectivity index (χ2v) is 12.9. The number of nitrogens with one attached hydrogen (secondary N) is 1. The Balaban J connectivity index is 1.27. The Morgan fingerprint density at radius 1 is 0.818 bits per heavy atom. The zero-order valence-corrected chi connectivity index (χ0v) is 27.0. The topological polar surface area (TPSA) is 114 Å². The zero-order chi connectivity index (χ0) is 31.5. The Kier molecular flexibility index (Phi) is 16.2. The lowest BCUT2D eigenvalue weighted by atomic mass is 10.0. The van der Waals surface area contributed by atoms with Crippen molar-refractivity contribution in [1.29, 1.82) is 0 Å². The first-order valence-electron chi connectivity index (χ1n) is 16.4. The van der Waals surface area contributed by atoms with Crippen molar-refractivity contribution < 1.29 is 27.3 Å². The molecule has 1 aliphatic rings. The molecule has 1 atom stereocenters. The minimum atomic E-state index is -4.37. The summed E-state index contributed by atoms with van der Waals surface area (Å²) in [5, 5.41) is 0. The highest BCUT2D eigenvalue weighted by Crippen LogP contribution is 2.20. The summed E-state index contributed by atoms with van der Waals surface area (Å²) in [5.41, 5.74) is 3.74. The molecule has 0 aromatic heterocycles. The van der Waals surface area contributed by atoms with Gasteiger partial charge in [0, 0.05) is 11.8 Å². The van der Waals surface area contributed by atoms with Gasteiger partial charge in [0.15, 0.2) is 11.9 Å². The third kappa shape index (κ3) is 13.3. The van der Waals surface area contributed by atoms with Gasteiger partial charge in [0.25, 0.3) is 10.1 Å². The van der Waals surface area contributed by atoms with Crippen LogP contribution in [0.3, 0.4) is 0 Å². The van der Waals surface area contributed by atoms with Crippen LogP contribution in [0.4, 0.5) is 5.69 Å². The Bertz CT molecular complexity index is 1290. The molecular formula is C35H50N2O6S. The minimum Gasteiger partial charge on any atom is -0.494 e. The van der Waals surface area contributed by atoms with Crippen molar-refractivity contribution in [2.45, 2.75) is 121 Å². The van der Waals surface area contributed by atoms with Gasteiger partial charge < -0.3 is 4.74 Å². The number of hydrogen-bond donors (Lipinski definition) is 2. The van der Waals surface area contributed by atoms with Gasteiger partial charge in [0.05, 0.1) is 22.9 Å². The zero-order valence-electron chi connectivity index (χ0n) is 26.2. The number of ether oxygens (including phenoxy) is 1. The van der Waals surface area contributed by atoms with Gasteiger partial charge in [-0.1, -0.05) is 109 Å². The maximum Gasteiger partial charge on any atom is 0.294 e. The van der Waals surface area contributed by atoms with Gasteiger partial charge >= 0.3 is 0 Å². The van der Waals surface area contributed by atoms with Crippen LogP contribution in [-0.2, 0) is 15.0 Å². The van der Waals surface area contributed by atoms with E-state index >= 15 is 0 Å². The first-order chi connectivity index (χ1) is 21.4. The van der Waals surface area contributed by atoms with Crippen LogP contribution in [0.1, 0.15) is 120 Å². The molecule has 0 saturated heterocycles. The van der Waals surface area contributed by atoms with Crippen LogP contribution in [0.25, 0.3) is 0 Å². The number of nitrogens with zero attached hydrogens (tertiary/aromatic N) is 1. The summed E-state index contributed by atoms with van der Waals surface area (Å²) in [6.45, 7) is 2.92. The fourth-order valence-electron chi connectivity index (χ4n) is 5.12. The summed E-state index contributed by atoms with van der Waals surface area (Å²) in [6.07, 6.45) is 23.5. The quantitative estimate of drug-likeness (QED) is 0.0489. The van der Waals surface area contributed by atoms with Crippen molar-refractivity contribution in [1.82, 2.24) is 0 Å². The monoisotopic (exact) mass is 626 g/mol. The second-order valence-electron chi connectivity index (χ2n) is 11.5. The third-order valence-electron chi connectivity index (χ3n) is 7.81. The fraction of sp³-hybridized carbons (Fsp3) is 0.543. The molecule has 2 aromatic carbocycles. The Morgan fingerprint density at radius 3 is 1.86 bits per heavy atom. The van der Waals surface area contributed by atoms with Crippen molar-refractivity contribution in [3.8, 4) is 5.75 Å². The van der Waals surface area contributed by atoms with E-state index in [-0.39, 0.29) is 16.4 Å². The van der Waals surface area contributed by atoms with E-state index in [0.717, 1.165) is 12.8 Å². The van der Waals surface area contributed by atoms with Gasteiger partial charge in [0.1, 0.15) is 5.75 Å². The summed E-state index contributed by atoms with van der Waals surface area (Å²) in [6, 6.07) is 12.4. The van der Waals surface area contributed by atoms with Crippen molar-refractivity contribution >= 4 is 27.3 Å². The number of carbonyl (C=O) groups is 1. The van der Waals surface area contributed by atoms with Crippen molar-refractivity contribution in [2.75, 3.05) is 12.1 Å².